The quantitative estimate of drug-likeness (QED) is 0.459. The number of anilines is 1. The number of aliphatic hydroxyl groups is 1. The van der Waals surface area contributed by atoms with E-state index < -0.39 is 28.9 Å². The Bertz CT molecular complexity index is 1170. The number of aliphatic hydroxyl groups excluding tert-OH is 1. The van der Waals surface area contributed by atoms with Crippen LogP contribution < -0.4 is 14.8 Å². The first-order valence-electron chi connectivity index (χ1n) is 10.2. The van der Waals surface area contributed by atoms with E-state index in [1.165, 1.54) is 36.2 Å². The van der Waals surface area contributed by atoms with Gasteiger partial charge in [-0.05, 0) is 48.2 Å². The van der Waals surface area contributed by atoms with Gasteiger partial charge in [-0.25, -0.2) is 18.4 Å². The van der Waals surface area contributed by atoms with Crippen LogP contribution in [0.25, 0.3) is 11.1 Å². The maximum absolute atomic E-state index is 14.4. The number of hydrogen-bond donors (Lipinski definition) is 3. The maximum atomic E-state index is 14.4. The molecule has 3 N–H and O–H groups in total. The fraction of sp³-hybridized carbons (Fsp3) is 0.318. The molecule has 2 amide bonds. The largest absolute Gasteiger partial charge is 0.481 e. The van der Waals surface area contributed by atoms with Crippen molar-refractivity contribution in [1.29, 1.82) is 0 Å². The van der Waals surface area contributed by atoms with Crippen LogP contribution in [0.4, 0.5) is 14.9 Å². The molecular formula is C22H26FN5O4S. The second-order valence-corrected chi connectivity index (χ2v) is 8.87. The number of ether oxygens (including phenoxy) is 1. The number of nitrogens with zero attached hydrogens (tertiary/aromatic N) is 3. The van der Waals surface area contributed by atoms with E-state index in [1.807, 2.05) is 13.8 Å². The first-order chi connectivity index (χ1) is 15.7. The summed E-state index contributed by atoms with van der Waals surface area (Å²) in [5.74, 6) is -0.227. The van der Waals surface area contributed by atoms with E-state index in [4.69, 9.17) is 4.74 Å². The third kappa shape index (κ3) is 6.14. The van der Waals surface area contributed by atoms with Crippen LogP contribution in [-0.2, 0) is 17.5 Å². The van der Waals surface area contributed by atoms with Crippen LogP contribution in [0.3, 0.4) is 0 Å². The summed E-state index contributed by atoms with van der Waals surface area (Å²) in [4.78, 5) is 16.8. The van der Waals surface area contributed by atoms with Gasteiger partial charge in [0.25, 0.3) is 0 Å². The van der Waals surface area contributed by atoms with Gasteiger partial charge in [0, 0.05) is 24.0 Å². The monoisotopic (exact) mass is 475 g/mol. The van der Waals surface area contributed by atoms with Crippen LogP contribution in [0.2, 0.25) is 0 Å². The Morgan fingerprint density at radius 3 is 2.70 bits per heavy atom. The van der Waals surface area contributed by atoms with Crippen molar-refractivity contribution < 1.29 is 23.2 Å². The van der Waals surface area contributed by atoms with E-state index in [2.05, 4.69) is 20.1 Å². The lowest BCUT2D eigenvalue weighted by Gasteiger charge is -2.19. The first-order valence-corrected chi connectivity index (χ1v) is 11.4. The summed E-state index contributed by atoms with van der Waals surface area (Å²) < 4.78 is 36.0. The van der Waals surface area contributed by atoms with Crippen molar-refractivity contribution in [3.63, 3.8) is 0 Å². The summed E-state index contributed by atoms with van der Waals surface area (Å²) in [7, 11) is -0.465. The molecule has 1 unspecified atom stereocenters. The Morgan fingerprint density at radius 2 is 2.03 bits per heavy atom. The number of urea groups is 1. The summed E-state index contributed by atoms with van der Waals surface area (Å²) in [6.07, 6.45) is 2.46. The van der Waals surface area contributed by atoms with Crippen molar-refractivity contribution in [2.45, 2.75) is 44.4 Å². The third-order valence-electron chi connectivity index (χ3n) is 4.69. The lowest BCUT2D eigenvalue weighted by molar-refractivity contribution is 0.168. The van der Waals surface area contributed by atoms with Gasteiger partial charge in [-0.1, -0.05) is 13.8 Å². The van der Waals surface area contributed by atoms with Gasteiger partial charge in [-0.3, -0.25) is 9.40 Å². The molecule has 33 heavy (non-hydrogen) atoms. The Balaban J connectivity index is 1.89. The lowest BCUT2D eigenvalue weighted by atomic mass is 9.94. The highest BCUT2D eigenvalue weighted by Crippen LogP contribution is 2.36. The maximum Gasteiger partial charge on any atom is 0.331 e. The van der Waals surface area contributed by atoms with E-state index in [0.717, 1.165) is 0 Å². The van der Waals surface area contributed by atoms with Crippen LogP contribution in [-0.4, -0.2) is 43.3 Å². The lowest BCUT2D eigenvalue weighted by Crippen LogP contribution is -2.31. The zero-order valence-corrected chi connectivity index (χ0v) is 19.5. The summed E-state index contributed by atoms with van der Waals surface area (Å²) in [6, 6.07) is 6.73. The van der Waals surface area contributed by atoms with Gasteiger partial charge in [0.15, 0.2) is 16.0 Å². The number of amides is 2. The summed E-state index contributed by atoms with van der Waals surface area (Å²) in [5, 5.41) is 16.4. The number of aromatic nitrogens is 3. The molecule has 0 aliphatic heterocycles. The Labute approximate surface area is 193 Å². The number of methoxy groups -OCH3 is 1. The molecule has 0 radical (unpaired) electrons. The fourth-order valence-corrected chi connectivity index (χ4v) is 3.92. The highest BCUT2D eigenvalue weighted by Gasteiger charge is 2.20. The zero-order chi connectivity index (χ0) is 24.1. The minimum Gasteiger partial charge on any atom is -0.481 e. The average molecular weight is 476 g/mol. The minimum atomic E-state index is -1.94. The Kier molecular flexibility index (Phi) is 7.77. The van der Waals surface area contributed by atoms with Crippen molar-refractivity contribution in [3.05, 3.63) is 54.1 Å². The number of carbonyl (C=O) groups is 1. The molecule has 2 atom stereocenters. The van der Waals surface area contributed by atoms with Gasteiger partial charge < -0.3 is 15.2 Å². The molecule has 3 aromatic rings. The second-order valence-electron chi connectivity index (χ2n) is 7.71. The summed E-state index contributed by atoms with van der Waals surface area (Å²) in [5.41, 5.74) is 1.98. The Hall–Kier alpha value is -3.31. The van der Waals surface area contributed by atoms with Gasteiger partial charge in [-0.2, -0.15) is 5.10 Å². The summed E-state index contributed by atoms with van der Waals surface area (Å²) >= 11 is 0. The van der Waals surface area contributed by atoms with Crippen LogP contribution in [0.5, 0.6) is 5.88 Å². The van der Waals surface area contributed by atoms with E-state index in [9.17, 15) is 18.5 Å². The summed E-state index contributed by atoms with van der Waals surface area (Å²) in [6.45, 7) is 5.59. The molecule has 0 fully saturated rings. The number of hydrogen-bond acceptors (Lipinski definition) is 6. The number of pyridine rings is 1. The van der Waals surface area contributed by atoms with Crippen molar-refractivity contribution in [3.8, 4) is 17.0 Å². The molecule has 3 rings (SSSR count). The standard InChI is InChI=1S/C22H26FN5O4S/c1-13(2)17-10-16(23)11-18(15-5-7-24-19(9-15)32-4)21(17)25-22(30)27-33(31)20-6-8-28(26-20)12-14(3)29/h5-11,13-14,29H,12H2,1-4H3,(H2,25,27,30)/t14-,33?/m1/s1. The first kappa shape index (κ1) is 24.3. The number of halogens is 1. The van der Waals surface area contributed by atoms with Gasteiger partial charge in [0.05, 0.1) is 25.4 Å². The van der Waals surface area contributed by atoms with Gasteiger partial charge in [0.2, 0.25) is 5.88 Å². The van der Waals surface area contributed by atoms with Crippen molar-refractivity contribution in [1.82, 2.24) is 19.5 Å². The molecule has 2 heterocycles. The van der Waals surface area contributed by atoms with E-state index >= 15 is 0 Å². The molecule has 0 saturated heterocycles. The predicted molar refractivity (Wildman–Crippen MR) is 123 cm³/mol. The molecule has 9 nitrogen and oxygen atoms in total. The number of nitrogens with one attached hydrogen (secondary N) is 2. The van der Waals surface area contributed by atoms with Crippen molar-refractivity contribution in [2.75, 3.05) is 12.4 Å². The van der Waals surface area contributed by atoms with Crippen LogP contribution in [0.15, 0.2) is 47.8 Å². The van der Waals surface area contributed by atoms with Crippen LogP contribution in [0.1, 0.15) is 32.3 Å². The van der Waals surface area contributed by atoms with Crippen LogP contribution >= 0.6 is 0 Å². The van der Waals surface area contributed by atoms with Crippen LogP contribution in [0, 0.1) is 5.82 Å². The normalized spacial score (nSPS) is 12.9. The molecule has 0 bridgehead atoms. The smallest absolute Gasteiger partial charge is 0.331 e. The minimum absolute atomic E-state index is 0.111. The van der Waals surface area contributed by atoms with E-state index in [0.29, 0.717) is 28.3 Å². The number of rotatable bonds is 8. The van der Waals surface area contributed by atoms with E-state index in [1.54, 1.807) is 25.3 Å². The molecule has 176 valence electrons. The number of benzene rings is 1. The predicted octanol–water partition coefficient (Wildman–Crippen LogP) is 3.44. The molecule has 0 saturated carbocycles. The molecule has 2 aromatic heterocycles. The molecule has 0 aliphatic rings. The zero-order valence-electron chi connectivity index (χ0n) is 18.7. The van der Waals surface area contributed by atoms with Gasteiger partial charge in [0.1, 0.15) is 5.82 Å². The average Bonchev–Trinajstić information content (AvgIpc) is 3.22. The molecule has 0 spiro atoms. The van der Waals surface area contributed by atoms with Crippen molar-refractivity contribution >= 4 is 22.7 Å². The van der Waals surface area contributed by atoms with E-state index in [-0.39, 0.29) is 17.5 Å². The van der Waals surface area contributed by atoms with Crippen molar-refractivity contribution in [2.24, 2.45) is 0 Å². The van der Waals surface area contributed by atoms with Gasteiger partial charge >= 0.3 is 6.03 Å². The molecule has 1 aromatic carbocycles. The Morgan fingerprint density at radius 1 is 1.27 bits per heavy atom. The molecule has 0 aliphatic carbocycles. The third-order valence-corrected chi connectivity index (χ3v) is 5.66. The van der Waals surface area contributed by atoms with Gasteiger partial charge in [-0.15, -0.1) is 0 Å². The molecule has 11 heteroatoms. The highest BCUT2D eigenvalue weighted by atomic mass is 32.2. The fourth-order valence-electron chi connectivity index (χ4n) is 3.23. The number of carbonyl (C=O) groups excluding carboxylic acids is 1. The second kappa shape index (κ2) is 10.5. The SMILES string of the molecule is COc1cc(-c2cc(F)cc(C(C)C)c2NC(=O)NS(=O)c2ccn(C[C@@H](C)O)n2)ccn1. The molecular weight excluding hydrogens is 449 g/mol. The topological polar surface area (TPSA) is 118 Å². The highest BCUT2D eigenvalue weighted by molar-refractivity contribution is 7.83.